The van der Waals surface area contributed by atoms with Crippen molar-refractivity contribution in [3.05, 3.63) is 0 Å². The standard InChI is InChI=1S/C14H26O6/c1-3-5-6-11(13(18)19)7-12(17)20-10-14(4-2,8-15)9-16/h11,15-16H,3-10H2,1-2H3,(H,18,19). The van der Waals surface area contributed by atoms with Crippen molar-refractivity contribution in [2.45, 2.75) is 46.0 Å². The number of hydrogen-bond acceptors (Lipinski definition) is 5. The largest absolute Gasteiger partial charge is 0.481 e. The number of carbonyl (C=O) groups is 2. The van der Waals surface area contributed by atoms with Crippen LogP contribution < -0.4 is 0 Å². The van der Waals surface area contributed by atoms with Crippen molar-refractivity contribution in [3.63, 3.8) is 0 Å². The van der Waals surface area contributed by atoms with Gasteiger partial charge in [-0.25, -0.2) is 0 Å². The van der Waals surface area contributed by atoms with E-state index in [9.17, 15) is 19.8 Å². The Hall–Kier alpha value is -1.14. The number of aliphatic carboxylic acids is 1. The molecular formula is C14H26O6. The van der Waals surface area contributed by atoms with Gasteiger partial charge in [-0.05, 0) is 12.8 Å². The summed E-state index contributed by atoms with van der Waals surface area (Å²) in [4.78, 5) is 22.7. The van der Waals surface area contributed by atoms with Crippen LogP contribution >= 0.6 is 0 Å². The molecule has 0 aliphatic heterocycles. The van der Waals surface area contributed by atoms with Gasteiger partial charge in [-0.2, -0.15) is 0 Å². The quantitative estimate of drug-likeness (QED) is 0.494. The van der Waals surface area contributed by atoms with Gasteiger partial charge in [0, 0.05) is 0 Å². The highest BCUT2D eigenvalue weighted by molar-refractivity contribution is 5.78. The summed E-state index contributed by atoms with van der Waals surface area (Å²) in [6.07, 6.45) is 2.35. The third kappa shape index (κ3) is 6.34. The predicted molar refractivity (Wildman–Crippen MR) is 73.1 cm³/mol. The monoisotopic (exact) mass is 290 g/mol. The van der Waals surface area contributed by atoms with E-state index in [1.54, 1.807) is 6.92 Å². The molecule has 0 aliphatic rings. The lowest BCUT2D eigenvalue weighted by atomic mass is 9.88. The van der Waals surface area contributed by atoms with Crippen LogP contribution in [0.1, 0.15) is 46.0 Å². The summed E-state index contributed by atoms with van der Waals surface area (Å²) in [6.45, 7) is 3.06. The number of carbonyl (C=O) groups excluding carboxylic acids is 1. The van der Waals surface area contributed by atoms with Crippen molar-refractivity contribution in [1.82, 2.24) is 0 Å². The van der Waals surface area contributed by atoms with Crippen LogP contribution in [0.4, 0.5) is 0 Å². The molecule has 1 unspecified atom stereocenters. The molecule has 0 aromatic heterocycles. The maximum Gasteiger partial charge on any atom is 0.307 e. The molecule has 0 saturated carbocycles. The Morgan fingerprint density at radius 1 is 1.20 bits per heavy atom. The van der Waals surface area contributed by atoms with Gasteiger partial charge in [0.05, 0.1) is 31.0 Å². The first-order valence-corrected chi connectivity index (χ1v) is 7.04. The number of carboxylic acid groups (broad SMARTS) is 1. The average Bonchev–Trinajstić information content (AvgIpc) is 2.45. The zero-order valence-corrected chi connectivity index (χ0v) is 12.3. The summed E-state index contributed by atoms with van der Waals surface area (Å²) < 4.78 is 5.02. The number of aliphatic hydroxyl groups is 2. The molecule has 0 aromatic rings. The molecule has 0 saturated heterocycles. The molecule has 0 spiro atoms. The number of carboxylic acids is 1. The van der Waals surface area contributed by atoms with Gasteiger partial charge in [-0.3, -0.25) is 9.59 Å². The van der Waals surface area contributed by atoms with Crippen LogP contribution in [0.2, 0.25) is 0 Å². The Labute approximate surface area is 119 Å². The molecule has 0 heterocycles. The van der Waals surface area contributed by atoms with Crippen LogP contribution in [-0.2, 0) is 14.3 Å². The van der Waals surface area contributed by atoms with E-state index in [2.05, 4.69) is 0 Å². The molecular weight excluding hydrogens is 264 g/mol. The summed E-state index contributed by atoms with van der Waals surface area (Å²) >= 11 is 0. The van der Waals surface area contributed by atoms with Crippen molar-refractivity contribution in [1.29, 1.82) is 0 Å². The van der Waals surface area contributed by atoms with Crippen LogP contribution in [0.3, 0.4) is 0 Å². The maximum absolute atomic E-state index is 11.7. The second-order valence-corrected chi connectivity index (χ2v) is 5.21. The number of ether oxygens (including phenoxy) is 1. The van der Waals surface area contributed by atoms with Crippen molar-refractivity contribution in [2.24, 2.45) is 11.3 Å². The molecule has 0 aromatic carbocycles. The number of aliphatic hydroxyl groups excluding tert-OH is 2. The normalized spacial score (nSPS) is 13.0. The topological polar surface area (TPSA) is 104 Å². The van der Waals surface area contributed by atoms with E-state index in [0.717, 1.165) is 12.8 Å². The van der Waals surface area contributed by atoms with Gasteiger partial charge >= 0.3 is 11.9 Å². The van der Waals surface area contributed by atoms with Crippen LogP contribution in [-0.4, -0.2) is 47.1 Å². The third-order valence-corrected chi connectivity index (χ3v) is 3.63. The highest BCUT2D eigenvalue weighted by Gasteiger charge is 2.29. The van der Waals surface area contributed by atoms with Crippen molar-refractivity contribution in [3.8, 4) is 0 Å². The van der Waals surface area contributed by atoms with Crippen LogP contribution in [0, 0.1) is 11.3 Å². The van der Waals surface area contributed by atoms with E-state index in [0.29, 0.717) is 12.8 Å². The van der Waals surface area contributed by atoms with E-state index in [1.807, 2.05) is 6.92 Å². The number of unbranched alkanes of at least 4 members (excludes halogenated alkanes) is 1. The van der Waals surface area contributed by atoms with Gasteiger partial charge in [0.25, 0.3) is 0 Å². The fraction of sp³-hybridized carbons (Fsp3) is 0.857. The zero-order chi connectivity index (χ0) is 15.6. The maximum atomic E-state index is 11.7. The molecule has 1 atom stereocenters. The minimum Gasteiger partial charge on any atom is -0.481 e. The third-order valence-electron chi connectivity index (χ3n) is 3.63. The highest BCUT2D eigenvalue weighted by atomic mass is 16.5. The summed E-state index contributed by atoms with van der Waals surface area (Å²) in [5.74, 6) is -2.34. The first-order chi connectivity index (χ1) is 9.44. The summed E-state index contributed by atoms with van der Waals surface area (Å²) in [5.41, 5.74) is -0.849. The Kier molecular flexibility index (Phi) is 9.16. The fourth-order valence-corrected chi connectivity index (χ4v) is 1.72. The fourth-order valence-electron chi connectivity index (χ4n) is 1.72. The number of hydrogen-bond donors (Lipinski definition) is 3. The van der Waals surface area contributed by atoms with Gasteiger partial charge in [0.1, 0.15) is 6.61 Å². The molecule has 0 aliphatic carbocycles. The second kappa shape index (κ2) is 9.72. The summed E-state index contributed by atoms with van der Waals surface area (Å²) in [5, 5.41) is 27.5. The van der Waals surface area contributed by atoms with Crippen LogP contribution in [0.5, 0.6) is 0 Å². The Morgan fingerprint density at radius 3 is 2.20 bits per heavy atom. The van der Waals surface area contributed by atoms with E-state index >= 15 is 0 Å². The van der Waals surface area contributed by atoms with Crippen LogP contribution in [0.25, 0.3) is 0 Å². The Balaban J connectivity index is 4.35. The molecule has 6 nitrogen and oxygen atoms in total. The lowest BCUT2D eigenvalue weighted by Crippen LogP contribution is -2.35. The minimum atomic E-state index is -0.999. The highest BCUT2D eigenvalue weighted by Crippen LogP contribution is 2.22. The lowest BCUT2D eigenvalue weighted by Gasteiger charge is -2.27. The minimum absolute atomic E-state index is 0.102. The molecule has 20 heavy (non-hydrogen) atoms. The summed E-state index contributed by atoms with van der Waals surface area (Å²) in [7, 11) is 0. The SMILES string of the molecule is CCCCC(CC(=O)OCC(CC)(CO)CO)C(=O)O. The van der Waals surface area contributed by atoms with Gasteiger partial charge in [-0.1, -0.05) is 26.7 Å². The molecule has 0 amide bonds. The number of esters is 1. The lowest BCUT2D eigenvalue weighted by molar-refractivity contribution is -0.155. The number of rotatable bonds is 11. The zero-order valence-electron chi connectivity index (χ0n) is 12.3. The molecule has 3 N–H and O–H groups in total. The van der Waals surface area contributed by atoms with E-state index in [1.165, 1.54) is 0 Å². The molecule has 0 rings (SSSR count). The van der Waals surface area contributed by atoms with E-state index < -0.39 is 23.3 Å². The first kappa shape index (κ1) is 18.9. The second-order valence-electron chi connectivity index (χ2n) is 5.21. The Bertz CT molecular complexity index is 290. The first-order valence-electron chi connectivity index (χ1n) is 7.04. The van der Waals surface area contributed by atoms with E-state index in [4.69, 9.17) is 9.84 Å². The van der Waals surface area contributed by atoms with Crippen LogP contribution in [0.15, 0.2) is 0 Å². The van der Waals surface area contributed by atoms with Crippen molar-refractivity contribution in [2.75, 3.05) is 19.8 Å². The average molecular weight is 290 g/mol. The van der Waals surface area contributed by atoms with Gasteiger partial charge < -0.3 is 20.1 Å². The van der Waals surface area contributed by atoms with Crippen molar-refractivity contribution < 1.29 is 29.6 Å². The Morgan fingerprint density at radius 2 is 1.80 bits per heavy atom. The molecule has 0 fully saturated rings. The van der Waals surface area contributed by atoms with Crippen molar-refractivity contribution >= 4 is 11.9 Å². The predicted octanol–water partition coefficient (Wildman–Crippen LogP) is 1.19. The molecule has 0 bridgehead atoms. The smallest absolute Gasteiger partial charge is 0.307 e. The summed E-state index contributed by atoms with van der Waals surface area (Å²) in [6, 6.07) is 0. The molecule has 6 heteroatoms. The van der Waals surface area contributed by atoms with E-state index in [-0.39, 0.29) is 26.2 Å². The van der Waals surface area contributed by atoms with Gasteiger partial charge in [0.2, 0.25) is 0 Å². The molecule has 118 valence electrons. The van der Waals surface area contributed by atoms with Gasteiger partial charge in [0.15, 0.2) is 0 Å². The van der Waals surface area contributed by atoms with Gasteiger partial charge in [-0.15, -0.1) is 0 Å². The molecule has 0 radical (unpaired) electrons.